The molecule has 20 valence electrons. The van der Waals surface area contributed by atoms with Crippen LogP contribution in [-0.2, 0) is 0 Å². The van der Waals surface area contributed by atoms with E-state index in [1.807, 2.05) is 0 Å². The zero-order chi connectivity index (χ0) is 6.36. The van der Waals surface area contributed by atoms with Gasteiger partial charge in [0.25, 0.3) is 0 Å². The Kier molecular flexibility index (Phi) is 0.0881. The second kappa shape index (κ2) is 0.560. The molecule has 0 aliphatic carbocycles. The van der Waals surface area contributed by atoms with Crippen molar-refractivity contribution in [2.45, 2.75) is 0 Å². The monoisotopic (exact) mass is 88.0 g/mol. The molecule has 0 N–H and O–H groups in total. The molecular formula is C2H4Si2. The average Bonchev–Trinajstić information content (AvgIpc) is 2.13. The predicted octanol–water partition coefficient (Wildman–Crippen LogP) is -1.13. The van der Waals surface area contributed by atoms with Gasteiger partial charge >= 0.3 is 0 Å². The summed E-state index contributed by atoms with van der Waals surface area (Å²) in [4.78, 5) is 0.498. The third-order valence-corrected chi connectivity index (χ3v) is 1.50. The van der Waals surface area contributed by atoms with Gasteiger partial charge in [-0.3, -0.25) is 0 Å². The lowest BCUT2D eigenvalue weighted by molar-refractivity contribution is 2.62. The fourth-order valence-electron chi connectivity index (χ4n) is 0.0312. The van der Waals surface area contributed by atoms with Gasteiger partial charge in [-0.15, -0.1) is 10.5 Å². The van der Waals surface area contributed by atoms with Crippen LogP contribution in [0.4, 0.5) is 0 Å². The quantitative estimate of drug-likeness (QED) is 0.356. The van der Waals surface area contributed by atoms with Crippen LogP contribution in [0, 0.1) is 0 Å². The molecule has 0 aromatic rings. The Hall–Kier alpha value is 0.174. The standard InChI is InChI=1S/C2H4Si2/c3-2-1-4-2/h1H,3H3/i1D,3D3. The van der Waals surface area contributed by atoms with Crippen molar-refractivity contribution in [3.8, 4) is 0 Å². The molecule has 0 aromatic heterocycles. The summed E-state index contributed by atoms with van der Waals surface area (Å²) in [7, 11) is -2.98. The molecule has 2 heteroatoms. The Balaban J connectivity index is 2.63. The fourth-order valence-corrected chi connectivity index (χ4v) is 0.281. The summed E-state index contributed by atoms with van der Waals surface area (Å²) in [6.45, 7) is 0. The lowest BCUT2D eigenvalue weighted by Gasteiger charge is -1.44. The maximum Gasteiger partial charge on any atom is 0.0976 e. The van der Waals surface area contributed by atoms with Crippen molar-refractivity contribution < 1.29 is 1.37 Å². The van der Waals surface area contributed by atoms with Gasteiger partial charge < -0.3 is 0 Å². The molecule has 1 aliphatic rings. The summed E-state index contributed by atoms with van der Waals surface area (Å²) in [5.41, 5.74) is 0.386. The Morgan fingerprint density at radius 1 is 2.75 bits per heavy atom. The molecule has 2 radical (unpaired) electrons. The third kappa shape index (κ3) is 0.297. The van der Waals surface area contributed by atoms with Crippen molar-refractivity contribution in [2.75, 3.05) is 0 Å². The van der Waals surface area contributed by atoms with Gasteiger partial charge in [-0.05, 0) is 0 Å². The Morgan fingerprint density at radius 3 is 3.50 bits per heavy atom. The maximum atomic E-state index is 6.88. The maximum absolute atomic E-state index is 6.88. The van der Waals surface area contributed by atoms with Gasteiger partial charge in [-0.1, -0.05) is 0 Å². The highest BCUT2D eigenvalue weighted by Gasteiger charge is 1.96. The van der Waals surface area contributed by atoms with E-state index in [0.29, 0.717) is 10.5 Å². The molecule has 0 amide bonds. The SMILES string of the molecule is [2H]C1=C([Si]([2H])([2H])[2H])[Si]1. The summed E-state index contributed by atoms with van der Waals surface area (Å²) in [6, 6.07) is 0. The summed E-state index contributed by atoms with van der Waals surface area (Å²) in [5.74, 6) is 0. The van der Waals surface area contributed by atoms with E-state index in [0.717, 1.165) is 0 Å². The molecule has 0 aromatic carbocycles. The van der Waals surface area contributed by atoms with Crippen LogP contribution in [0.3, 0.4) is 0 Å². The molecule has 0 saturated carbocycles. The summed E-state index contributed by atoms with van der Waals surface area (Å²) >= 11 is 0. The van der Waals surface area contributed by atoms with Crippen molar-refractivity contribution >= 4 is 19.6 Å². The van der Waals surface area contributed by atoms with E-state index >= 15 is 0 Å². The molecule has 4 heavy (non-hydrogen) atoms. The topological polar surface area (TPSA) is 0 Å². The highest BCUT2D eigenvalue weighted by Crippen LogP contribution is 1.95. The molecule has 0 spiro atoms. The highest BCUT2D eigenvalue weighted by molar-refractivity contribution is 6.77. The minimum atomic E-state index is -3.23. The first-order chi connectivity index (χ1) is 3.52. The van der Waals surface area contributed by atoms with Gasteiger partial charge in [0.05, 0.1) is 10.9 Å². The Morgan fingerprint density at radius 2 is 3.50 bits per heavy atom. The largest absolute Gasteiger partial charge is 0.108 e. The predicted molar refractivity (Wildman–Crippen MR) is 23.8 cm³/mol. The molecular weight excluding hydrogens is 80.2 g/mol. The first kappa shape index (κ1) is 0.629. The van der Waals surface area contributed by atoms with E-state index in [9.17, 15) is 0 Å². The van der Waals surface area contributed by atoms with E-state index in [1.54, 1.807) is 0 Å². The van der Waals surface area contributed by atoms with Gasteiger partial charge in [0.2, 0.25) is 0 Å². The second-order valence-electron chi connectivity index (χ2n) is 0.625. The first-order valence-electron chi connectivity index (χ1n) is 3.00. The van der Waals surface area contributed by atoms with E-state index in [-0.39, 0.29) is 9.52 Å². The van der Waals surface area contributed by atoms with Crippen LogP contribution >= 0.6 is 0 Å². The van der Waals surface area contributed by atoms with E-state index < -0.39 is 10.0 Å². The Bertz CT molecular complexity index is 145. The highest BCUT2D eigenvalue weighted by atomic mass is 28.3. The molecule has 0 nitrogen and oxygen atoms in total. The van der Waals surface area contributed by atoms with Gasteiger partial charge in [0.15, 0.2) is 0 Å². The minimum Gasteiger partial charge on any atom is -0.108 e. The van der Waals surface area contributed by atoms with E-state index in [2.05, 4.69) is 0 Å². The van der Waals surface area contributed by atoms with Crippen LogP contribution in [0.15, 0.2) is 10.5 Å². The van der Waals surface area contributed by atoms with Gasteiger partial charge in [-0.2, -0.15) is 0 Å². The normalized spacial score (nSPS) is 40.0. The van der Waals surface area contributed by atoms with Crippen molar-refractivity contribution in [1.82, 2.24) is 0 Å². The van der Waals surface area contributed by atoms with Gasteiger partial charge in [0, 0.05) is 13.7 Å². The first-order valence-corrected chi connectivity index (χ1v) is 2.50. The lowest BCUT2D eigenvalue weighted by atomic mass is 11.3. The van der Waals surface area contributed by atoms with Crippen LogP contribution in [-0.4, -0.2) is 23.3 Å². The molecule has 1 rings (SSSR count). The smallest absolute Gasteiger partial charge is 0.0976 e. The summed E-state index contributed by atoms with van der Waals surface area (Å²) < 4.78 is 27.5. The van der Waals surface area contributed by atoms with Crippen LogP contribution in [0.25, 0.3) is 0 Å². The molecule has 0 fully saturated rings. The fraction of sp³-hybridized carbons (Fsp3) is 0. The average molecular weight is 88.3 g/mol. The van der Waals surface area contributed by atoms with Crippen molar-refractivity contribution in [3.05, 3.63) is 10.5 Å². The molecule has 0 saturated heterocycles. The van der Waals surface area contributed by atoms with Crippen molar-refractivity contribution in [2.24, 2.45) is 0 Å². The molecule has 0 atom stereocenters. The zero-order valence-electron chi connectivity index (χ0n) is 6.00. The third-order valence-electron chi connectivity index (χ3n) is 0.250. The van der Waals surface area contributed by atoms with Crippen LogP contribution in [0.1, 0.15) is 1.37 Å². The number of hydrogen-bond acceptors (Lipinski definition) is 0. The molecule has 1 heterocycles. The van der Waals surface area contributed by atoms with Gasteiger partial charge in [-0.25, -0.2) is 0 Å². The second-order valence-corrected chi connectivity index (χ2v) is 2.62. The molecule has 0 unspecified atom stereocenters. The zero-order valence-corrected chi connectivity index (χ0v) is 4.00. The van der Waals surface area contributed by atoms with Crippen LogP contribution in [0.5, 0.6) is 0 Å². The van der Waals surface area contributed by atoms with Gasteiger partial charge in [0.1, 0.15) is 0 Å². The number of rotatable bonds is 1. The van der Waals surface area contributed by atoms with Crippen LogP contribution in [0.2, 0.25) is 0 Å². The van der Waals surface area contributed by atoms with Crippen LogP contribution < -0.4 is 0 Å². The summed E-state index contributed by atoms with van der Waals surface area (Å²) in [6.07, 6.45) is 0. The van der Waals surface area contributed by atoms with Crippen molar-refractivity contribution in [3.63, 3.8) is 0 Å². The summed E-state index contributed by atoms with van der Waals surface area (Å²) in [5, 5.41) is 0. The minimum absolute atomic E-state index is 0.249. The number of hydrogen-bond donors (Lipinski definition) is 0. The van der Waals surface area contributed by atoms with Crippen molar-refractivity contribution in [1.29, 1.82) is 3.70 Å². The lowest BCUT2D eigenvalue weighted by Crippen LogP contribution is -1.56. The molecule has 1 aliphatic heterocycles. The Labute approximate surface area is 36.2 Å². The van der Waals surface area contributed by atoms with E-state index in [1.165, 1.54) is 0 Å². The molecule has 0 bridgehead atoms. The van der Waals surface area contributed by atoms with E-state index in [4.69, 9.17) is 5.08 Å².